The molecule has 5 heteroatoms. The summed E-state index contributed by atoms with van der Waals surface area (Å²) in [5, 5.41) is 0. The molecule has 0 fully saturated rings. The Morgan fingerprint density at radius 2 is 1.20 bits per heavy atom. The van der Waals surface area contributed by atoms with Crippen LogP contribution in [0, 0.1) is 84.2 Å². The van der Waals surface area contributed by atoms with Crippen molar-refractivity contribution in [2.75, 3.05) is 0 Å². The average Bonchev–Trinajstić information content (AvgIpc) is 0. The van der Waals surface area contributed by atoms with E-state index in [-0.39, 0.29) is 153 Å². The minimum Gasteiger partial charge on any atom is -1.00 e. The molecule has 0 bridgehead atoms. The van der Waals surface area contributed by atoms with Gasteiger partial charge >= 0.3 is 29.6 Å². The van der Waals surface area contributed by atoms with Crippen LogP contribution < -0.4 is 29.6 Å². The summed E-state index contributed by atoms with van der Waals surface area (Å²) in [6, 6.07) is 0. The van der Waals surface area contributed by atoms with Gasteiger partial charge in [0.2, 0.25) is 0 Å². The molecule has 0 spiro atoms. The minimum absolute atomic E-state index is 0. The molecule has 0 N–H and O–H groups in total. The summed E-state index contributed by atoms with van der Waals surface area (Å²) < 4.78 is 0. The summed E-state index contributed by atoms with van der Waals surface area (Å²) in [7, 11) is 0. The van der Waals surface area contributed by atoms with Crippen molar-refractivity contribution in [1.29, 1.82) is 0 Å². The van der Waals surface area contributed by atoms with Gasteiger partial charge in [0.25, 0.3) is 0 Å². The van der Waals surface area contributed by atoms with Crippen LogP contribution in [0.25, 0.3) is 0 Å². The van der Waals surface area contributed by atoms with Crippen LogP contribution >= 0.6 is 0 Å². The molecule has 0 aliphatic carbocycles. The van der Waals surface area contributed by atoms with Crippen molar-refractivity contribution < 1.29 is 153 Å². The molecule has 0 aromatic carbocycles. The van der Waals surface area contributed by atoms with Gasteiger partial charge in [0.1, 0.15) is 0 Å². The molecule has 0 heterocycles. The molecule has 0 saturated carbocycles. The summed E-state index contributed by atoms with van der Waals surface area (Å²) in [6.07, 6.45) is 0. The first-order valence-corrected chi connectivity index (χ1v) is 0. The van der Waals surface area contributed by atoms with Crippen molar-refractivity contribution >= 4 is 0 Å². The van der Waals surface area contributed by atoms with Gasteiger partial charge in [-0.25, -0.2) is 0 Å². The molecule has 0 unspecified atom stereocenters. The van der Waals surface area contributed by atoms with Gasteiger partial charge in [0.05, 0.1) is 0 Å². The van der Waals surface area contributed by atoms with Crippen LogP contribution in [0.3, 0.4) is 0 Å². The monoisotopic (exact) mass is 473 g/mol. The molecular formula is H2ErFNaYYb. The van der Waals surface area contributed by atoms with Gasteiger partial charge in [-0.2, -0.15) is 0 Å². The van der Waals surface area contributed by atoms with Gasteiger partial charge in [-0.05, 0) is 0 Å². The fourth-order valence-electron chi connectivity index (χ4n) is 0. The van der Waals surface area contributed by atoms with E-state index < -0.39 is 0 Å². The summed E-state index contributed by atoms with van der Waals surface area (Å²) in [5.74, 6) is 0. The van der Waals surface area contributed by atoms with E-state index >= 15 is 0 Å². The summed E-state index contributed by atoms with van der Waals surface area (Å²) in [5.41, 5.74) is 0. The molecule has 0 amide bonds. The maximum Gasteiger partial charge on any atom is 1.00 e. The Morgan fingerprint density at radius 3 is 1.20 bits per heavy atom. The zero-order valence-electron chi connectivity index (χ0n) is 3.54. The number of hydrogen-bond acceptors (Lipinski definition) is 0. The molecule has 5 heavy (non-hydrogen) atoms. The maximum atomic E-state index is 0. The first kappa shape index (κ1) is 32.9. The Morgan fingerprint density at radius 1 is 1.20 bits per heavy atom. The van der Waals surface area contributed by atoms with Crippen LogP contribution in [-0.2, 0) is 32.7 Å². The number of halogens is 1. The Bertz CT molecular complexity index is 15.5. The van der Waals surface area contributed by atoms with E-state index in [9.17, 15) is 0 Å². The largest absolute Gasteiger partial charge is 1.00 e. The first-order valence-electron chi connectivity index (χ1n) is 0. The van der Waals surface area contributed by atoms with Crippen molar-refractivity contribution in [3.8, 4) is 0 Å². The van der Waals surface area contributed by atoms with Gasteiger partial charge in [-0.1, -0.05) is 0 Å². The van der Waals surface area contributed by atoms with E-state index in [1.54, 1.807) is 0 Å². The smallest absolute Gasteiger partial charge is 1.00 e. The second-order valence-electron chi connectivity index (χ2n) is 0. The van der Waals surface area contributed by atoms with Crippen LogP contribution in [-0.4, -0.2) is 0 Å². The predicted octanol–water partition coefficient (Wildman–Crippen LogP) is -2.73. The van der Waals surface area contributed by atoms with Crippen LogP contribution in [0.2, 0.25) is 0 Å². The zero-order chi connectivity index (χ0) is 0. The topological polar surface area (TPSA) is 0 Å². The molecule has 1 radical (unpaired) electrons. The molecule has 39 valence electrons. The molecule has 0 aromatic heterocycles. The van der Waals surface area contributed by atoms with Gasteiger partial charge in [-0.3, -0.25) is 4.70 Å². The van der Waals surface area contributed by atoms with Crippen LogP contribution in [0.15, 0.2) is 0 Å². The molecule has 0 nitrogen and oxygen atoms in total. The molecule has 0 aliphatic heterocycles. The van der Waals surface area contributed by atoms with Gasteiger partial charge in [0, 0.05) is 117 Å². The Hall–Kier alpha value is 4.80. The molecule has 0 aromatic rings. The molecule has 0 atom stereocenters. The van der Waals surface area contributed by atoms with Gasteiger partial charge in [-0.15, -0.1) is 0 Å². The second-order valence-corrected chi connectivity index (χ2v) is 0. The number of hydrogen-bond donors (Lipinski definition) is 0. The predicted molar refractivity (Wildman–Crippen MR) is 3.62 cm³/mol. The molecular weight excluding hydrogens is 471 g/mol. The Balaban J connectivity index is 0. The quantitative estimate of drug-likeness (QED) is 0.336. The fourth-order valence-corrected chi connectivity index (χ4v) is 0. The molecule has 0 aliphatic rings. The standard InChI is InChI=1S/Er.FH.Na.Y.Yb.H/h;1H;;;;/q;;+1;;;-1. The van der Waals surface area contributed by atoms with E-state index in [2.05, 4.69) is 0 Å². The average molecular weight is 473 g/mol. The third-order valence-electron chi connectivity index (χ3n) is 0. The van der Waals surface area contributed by atoms with Crippen LogP contribution in [0.5, 0.6) is 0 Å². The van der Waals surface area contributed by atoms with Gasteiger partial charge < -0.3 is 1.43 Å². The van der Waals surface area contributed by atoms with Gasteiger partial charge in [0.15, 0.2) is 0 Å². The molecule has 0 saturated heterocycles. The Labute approximate surface area is 148 Å². The van der Waals surface area contributed by atoms with Crippen molar-refractivity contribution in [1.82, 2.24) is 0 Å². The van der Waals surface area contributed by atoms with E-state index in [0.29, 0.717) is 0 Å². The third-order valence-corrected chi connectivity index (χ3v) is 0. The van der Waals surface area contributed by atoms with E-state index in [4.69, 9.17) is 0 Å². The minimum atomic E-state index is 0. The van der Waals surface area contributed by atoms with Crippen molar-refractivity contribution in [3.63, 3.8) is 0 Å². The summed E-state index contributed by atoms with van der Waals surface area (Å²) in [4.78, 5) is 0. The normalized spacial score (nSPS) is 0. The zero-order valence-corrected chi connectivity index (χ0v) is 10.9. The molecule has 0 rings (SSSR count). The Kier molecular flexibility index (Phi) is 153. The summed E-state index contributed by atoms with van der Waals surface area (Å²) in [6.45, 7) is 0. The van der Waals surface area contributed by atoms with E-state index in [1.165, 1.54) is 0 Å². The first-order chi connectivity index (χ1) is 0. The van der Waals surface area contributed by atoms with Crippen molar-refractivity contribution in [2.45, 2.75) is 0 Å². The van der Waals surface area contributed by atoms with Crippen LogP contribution in [0.4, 0.5) is 4.70 Å². The summed E-state index contributed by atoms with van der Waals surface area (Å²) >= 11 is 0. The third kappa shape index (κ3) is 17.7. The van der Waals surface area contributed by atoms with Crippen LogP contribution in [0.1, 0.15) is 1.43 Å². The van der Waals surface area contributed by atoms with E-state index in [1.807, 2.05) is 0 Å². The van der Waals surface area contributed by atoms with Crippen molar-refractivity contribution in [2.24, 2.45) is 0 Å². The van der Waals surface area contributed by atoms with Crippen molar-refractivity contribution in [3.05, 3.63) is 0 Å². The SMILES string of the molecule is F.[Er].[H-].[Na+].[Y].[Yb]. The fraction of sp³-hybridized carbons (Fsp3) is 0. The number of rotatable bonds is 0. The van der Waals surface area contributed by atoms with E-state index in [0.717, 1.165) is 0 Å². The maximum absolute atomic E-state index is 0. The second kappa shape index (κ2) is 23.2.